The monoisotopic (exact) mass is 471 g/mol. The van der Waals surface area contributed by atoms with E-state index in [2.05, 4.69) is 0 Å². The minimum Gasteiger partial charge on any atom is -0.507 e. The van der Waals surface area contributed by atoms with Gasteiger partial charge in [-0.15, -0.1) is 11.3 Å². The number of Topliss-reactive ketones (excluding diaryl/α,β-unsaturated/α-hetero) is 1. The Balaban J connectivity index is 1.95. The maximum Gasteiger partial charge on any atom is 0.300 e. The van der Waals surface area contributed by atoms with Crippen molar-refractivity contribution in [1.82, 2.24) is 0 Å². The molecule has 3 aromatic rings. The Morgan fingerprint density at radius 1 is 1.19 bits per heavy atom. The number of hydrogen-bond acceptors (Lipinski definition) is 5. The zero-order valence-electron chi connectivity index (χ0n) is 17.3. The lowest BCUT2D eigenvalue weighted by molar-refractivity contribution is -0.132. The number of aryl methyl sites for hydroxylation is 1. The van der Waals surface area contributed by atoms with Crippen LogP contribution in [0.1, 0.15) is 29.0 Å². The van der Waals surface area contributed by atoms with Crippen LogP contribution in [0.15, 0.2) is 59.5 Å². The summed E-state index contributed by atoms with van der Waals surface area (Å²) in [5.41, 5.74) is 1.31. The number of benzene rings is 2. The first-order valence-corrected chi connectivity index (χ1v) is 11.1. The number of aliphatic hydroxyl groups excluding tert-OH is 1. The Labute approximate surface area is 193 Å². The summed E-state index contributed by atoms with van der Waals surface area (Å²) in [7, 11) is 0. The molecule has 32 heavy (non-hydrogen) atoms. The Kier molecular flexibility index (Phi) is 6.04. The minimum absolute atomic E-state index is 0.0829. The van der Waals surface area contributed by atoms with Crippen LogP contribution in [-0.4, -0.2) is 23.4 Å². The first-order valence-electron chi connectivity index (χ1n) is 9.86. The molecule has 0 saturated carbocycles. The van der Waals surface area contributed by atoms with Crippen molar-refractivity contribution in [2.45, 2.75) is 19.9 Å². The number of hydrogen-bond donors (Lipinski definition) is 1. The van der Waals surface area contributed by atoms with Gasteiger partial charge in [0.1, 0.15) is 23.4 Å². The van der Waals surface area contributed by atoms with E-state index in [1.807, 2.05) is 25.3 Å². The van der Waals surface area contributed by atoms with Crippen LogP contribution in [0.3, 0.4) is 0 Å². The van der Waals surface area contributed by atoms with E-state index in [0.717, 1.165) is 5.56 Å². The van der Waals surface area contributed by atoms with E-state index in [-0.39, 0.29) is 16.2 Å². The van der Waals surface area contributed by atoms with Gasteiger partial charge in [-0.25, -0.2) is 4.39 Å². The normalized spacial score (nSPS) is 17.8. The van der Waals surface area contributed by atoms with Crippen molar-refractivity contribution in [1.29, 1.82) is 0 Å². The number of amides is 1. The predicted molar refractivity (Wildman–Crippen MR) is 123 cm³/mol. The highest BCUT2D eigenvalue weighted by molar-refractivity contribution is 7.10. The van der Waals surface area contributed by atoms with Crippen molar-refractivity contribution < 1.29 is 23.8 Å². The maximum absolute atomic E-state index is 13.5. The number of ether oxygens (including phenoxy) is 1. The maximum atomic E-state index is 13.5. The molecule has 2 heterocycles. The molecule has 1 unspecified atom stereocenters. The Morgan fingerprint density at radius 3 is 2.53 bits per heavy atom. The molecule has 8 heteroatoms. The first kappa shape index (κ1) is 22.0. The number of nitrogens with zero attached hydrogens (tertiary/aromatic N) is 1. The number of carbonyl (C=O) groups excluding carboxylic acids is 2. The minimum atomic E-state index is -0.882. The number of thiophene rings is 1. The topological polar surface area (TPSA) is 66.8 Å². The summed E-state index contributed by atoms with van der Waals surface area (Å²) in [4.78, 5) is 28.2. The molecule has 0 spiro atoms. The van der Waals surface area contributed by atoms with Gasteiger partial charge in [0.25, 0.3) is 11.7 Å². The number of halogens is 2. The molecule has 1 amide bonds. The van der Waals surface area contributed by atoms with E-state index in [4.69, 9.17) is 16.3 Å². The molecule has 2 aromatic carbocycles. The molecule has 1 aromatic heterocycles. The summed E-state index contributed by atoms with van der Waals surface area (Å²) in [5, 5.41) is 13.3. The molecule has 164 valence electrons. The van der Waals surface area contributed by atoms with Gasteiger partial charge in [0.15, 0.2) is 0 Å². The van der Waals surface area contributed by atoms with Crippen LogP contribution in [0.2, 0.25) is 5.02 Å². The van der Waals surface area contributed by atoms with Crippen LogP contribution >= 0.6 is 22.9 Å². The lowest BCUT2D eigenvalue weighted by Gasteiger charge is -2.25. The molecule has 0 aliphatic carbocycles. The van der Waals surface area contributed by atoms with Crippen molar-refractivity contribution in [2.75, 3.05) is 11.5 Å². The zero-order chi connectivity index (χ0) is 23.0. The summed E-state index contributed by atoms with van der Waals surface area (Å²) in [6.07, 6.45) is 0. The van der Waals surface area contributed by atoms with Crippen LogP contribution in [0.25, 0.3) is 5.76 Å². The highest BCUT2D eigenvalue weighted by Crippen LogP contribution is 2.45. The summed E-state index contributed by atoms with van der Waals surface area (Å²) in [6, 6.07) is 11.0. The van der Waals surface area contributed by atoms with Gasteiger partial charge in [0.2, 0.25) is 0 Å². The highest BCUT2D eigenvalue weighted by atomic mass is 35.5. The van der Waals surface area contributed by atoms with Crippen LogP contribution < -0.4 is 9.64 Å². The largest absolute Gasteiger partial charge is 0.507 e. The summed E-state index contributed by atoms with van der Waals surface area (Å²) >= 11 is 7.69. The van der Waals surface area contributed by atoms with Gasteiger partial charge >= 0.3 is 0 Å². The Hall–Kier alpha value is -3.16. The van der Waals surface area contributed by atoms with Gasteiger partial charge in [-0.05, 0) is 73.3 Å². The van der Waals surface area contributed by atoms with Gasteiger partial charge in [-0.2, -0.15) is 0 Å². The van der Waals surface area contributed by atoms with Crippen molar-refractivity contribution in [3.63, 3.8) is 0 Å². The van der Waals surface area contributed by atoms with E-state index >= 15 is 0 Å². The van der Waals surface area contributed by atoms with E-state index in [1.165, 1.54) is 46.6 Å². The fraction of sp³-hybridized carbons (Fsp3) is 0.167. The third kappa shape index (κ3) is 3.78. The van der Waals surface area contributed by atoms with Crippen LogP contribution in [0.4, 0.5) is 10.1 Å². The number of rotatable bonds is 5. The fourth-order valence-corrected chi connectivity index (χ4v) is 4.93. The molecule has 1 aliphatic rings. The molecule has 1 atom stereocenters. The van der Waals surface area contributed by atoms with Crippen LogP contribution in [-0.2, 0) is 9.59 Å². The van der Waals surface area contributed by atoms with E-state index in [1.54, 1.807) is 12.1 Å². The molecule has 5 nitrogen and oxygen atoms in total. The molecular weight excluding hydrogens is 453 g/mol. The fourth-order valence-electron chi connectivity index (χ4n) is 3.70. The lowest BCUT2D eigenvalue weighted by Crippen LogP contribution is -2.29. The second-order valence-electron chi connectivity index (χ2n) is 7.19. The zero-order valence-corrected chi connectivity index (χ0v) is 18.8. The van der Waals surface area contributed by atoms with E-state index in [0.29, 0.717) is 22.9 Å². The standard InChI is InChI=1S/C24H19ClFNO4S/c1-3-31-16-8-9-18(25)17(12-16)21(28)19-20(23-13(2)10-11-32-23)27(24(30)22(19)29)15-6-4-14(26)5-7-15/h4-12,20,28H,3H2,1-2H3/b21-19+. The number of anilines is 1. The lowest BCUT2D eigenvalue weighted by atomic mass is 9.98. The van der Waals surface area contributed by atoms with E-state index < -0.39 is 29.3 Å². The van der Waals surface area contributed by atoms with Gasteiger partial charge in [0.05, 0.1) is 17.2 Å². The van der Waals surface area contributed by atoms with Crippen molar-refractivity contribution >= 4 is 46.1 Å². The second kappa shape index (κ2) is 8.76. The Morgan fingerprint density at radius 2 is 1.91 bits per heavy atom. The molecule has 1 N–H and O–H groups in total. The second-order valence-corrected chi connectivity index (χ2v) is 8.54. The average Bonchev–Trinajstić information content (AvgIpc) is 3.30. The van der Waals surface area contributed by atoms with Gasteiger partial charge in [-0.1, -0.05) is 11.6 Å². The van der Waals surface area contributed by atoms with Crippen LogP contribution in [0.5, 0.6) is 5.75 Å². The third-order valence-electron chi connectivity index (χ3n) is 5.20. The summed E-state index contributed by atoms with van der Waals surface area (Å²) in [6.45, 7) is 4.09. The summed E-state index contributed by atoms with van der Waals surface area (Å²) in [5.74, 6) is -2.04. The molecular formula is C24H19ClFNO4S. The quantitative estimate of drug-likeness (QED) is 0.287. The predicted octanol–water partition coefficient (Wildman–Crippen LogP) is 5.87. The molecule has 4 rings (SSSR count). The van der Waals surface area contributed by atoms with Crippen molar-refractivity contribution in [3.8, 4) is 5.75 Å². The van der Waals surface area contributed by atoms with Gasteiger partial charge in [-0.3, -0.25) is 14.5 Å². The third-order valence-corrected chi connectivity index (χ3v) is 6.60. The highest BCUT2D eigenvalue weighted by Gasteiger charge is 2.48. The average molecular weight is 472 g/mol. The first-order chi connectivity index (χ1) is 15.3. The number of aliphatic hydroxyl groups is 1. The van der Waals surface area contributed by atoms with Crippen LogP contribution in [0, 0.1) is 12.7 Å². The van der Waals surface area contributed by atoms with Crippen molar-refractivity contribution in [2.24, 2.45) is 0 Å². The number of ketones is 1. The van der Waals surface area contributed by atoms with Gasteiger partial charge < -0.3 is 9.84 Å². The SMILES string of the molecule is CCOc1ccc(Cl)c(/C(O)=C2\C(=O)C(=O)N(c3ccc(F)cc3)C2c2sccc2C)c1. The number of carbonyl (C=O) groups is 2. The van der Waals surface area contributed by atoms with Crippen molar-refractivity contribution in [3.05, 3.63) is 86.3 Å². The Bertz CT molecular complexity index is 1240. The smallest absolute Gasteiger partial charge is 0.300 e. The molecule has 1 saturated heterocycles. The molecule has 0 bridgehead atoms. The molecule has 0 radical (unpaired) electrons. The van der Waals surface area contributed by atoms with E-state index in [9.17, 15) is 19.1 Å². The molecule has 1 aliphatic heterocycles. The van der Waals surface area contributed by atoms with Gasteiger partial charge in [0, 0.05) is 16.1 Å². The summed E-state index contributed by atoms with van der Waals surface area (Å²) < 4.78 is 19.0. The molecule has 1 fully saturated rings.